The van der Waals surface area contributed by atoms with E-state index in [1.54, 1.807) is 11.0 Å². The van der Waals surface area contributed by atoms with Gasteiger partial charge in [-0.1, -0.05) is 19.9 Å². The Bertz CT molecular complexity index is 252. The first-order valence-electron chi connectivity index (χ1n) is 5.27. The van der Waals surface area contributed by atoms with Crippen LogP contribution in [-0.2, 0) is 9.59 Å². The monoisotopic (exact) mass is 228 g/mol. The van der Waals surface area contributed by atoms with Gasteiger partial charge in [-0.3, -0.25) is 14.5 Å². The van der Waals surface area contributed by atoms with E-state index in [0.717, 1.165) is 0 Å². The third kappa shape index (κ3) is 7.99. The molecule has 0 spiro atoms. The number of nitrogens with one attached hydrogen (secondary N) is 1. The molecule has 1 amide bonds. The molecule has 0 aromatic rings. The SMILES string of the molecule is C=CCNC(=O)CN(CC(=O)O)CC(C)C. The van der Waals surface area contributed by atoms with Crippen LogP contribution in [0.15, 0.2) is 12.7 Å². The zero-order valence-electron chi connectivity index (χ0n) is 9.90. The number of aliphatic carboxylic acids is 1. The summed E-state index contributed by atoms with van der Waals surface area (Å²) in [5.74, 6) is -0.773. The van der Waals surface area contributed by atoms with Crippen molar-refractivity contribution in [2.75, 3.05) is 26.2 Å². The number of nitrogens with zero attached hydrogens (tertiary/aromatic N) is 1. The fourth-order valence-electron chi connectivity index (χ4n) is 1.34. The second-order valence-corrected chi connectivity index (χ2v) is 4.05. The minimum absolute atomic E-state index is 0.109. The van der Waals surface area contributed by atoms with Crippen molar-refractivity contribution in [2.45, 2.75) is 13.8 Å². The average molecular weight is 228 g/mol. The van der Waals surface area contributed by atoms with Crippen LogP contribution in [-0.4, -0.2) is 48.1 Å². The molecule has 0 radical (unpaired) electrons. The first-order chi connectivity index (χ1) is 7.45. The molecule has 16 heavy (non-hydrogen) atoms. The van der Waals surface area contributed by atoms with Crippen molar-refractivity contribution in [1.29, 1.82) is 0 Å². The number of hydrogen-bond donors (Lipinski definition) is 2. The zero-order valence-corrected chi connectivity index (χ0v) is 9.90. The lowest BCUT2D eigenvalue weighted by atomic mass is 10.2. The minimum atomic E-state index is -0.919. The minimum Gasteiger partial charge on any atom is -0.480 e. The van der Waals surface area contributed by atoms with Crippen molar-refractivity contribution in [1.82, 2.24) is 10.2 Å². The van der Waals surface area contributed by atoms with Crippen LogP contribution in [0, 0.1) is 5.92 Å². The molecule has 0 aliphatic carbocycles. The summed E-state index contributed by atoms with van der Waals surface area (Å²) < 4.78 is 0. The van der Waals surface area contributed by atoms with Crippen molar-refractivity contribution in [2.24, 2.45) is 5.92 Å². The summed E-state index contributed by atoms with van der Waals surface area (Å²) >= 11 is 0. The summed E-state index contributed by atoms with van der Waals surface area (Å²) in [5.41, 5.74) is 0. The van der Waals surface area contributed by atoms with Gasteiger partial charge in [0.2, 0.25) is 5.91 Å². The highest BCUT2D eigenvalue weighted by atomic mass is 16.4. The van der Waals surface area contributed by atoms with Gasteiger partial charge in [-0.25, -0.2) is 0 Å². The van der Waals surface area contributed by atoms with Gasteiger partial charge in [-0.15, -0.1) is 6.58 Å². The molecule has 5 heteroatoms. The average Bonchev–Trinajstić information content (AvgIpc) is 2.12. The lowest BCUT2D eigenvalue weighted by Crippen LogP contribution is -2.41. The van der Waals surface area contributed by atoms with E-state index in [0.29, 0.717) is 19.0 Å². The second kappa shape index (κ2) is 7.87. The number of carboxylic acids is 1. The van der Waals surface area contributed by atoms with E-state index in [9.17, 15) is 9.59 Å². The van der Waals surface area contributed by atoms with Gasteiger partial charge >= 0.3 is 5.97 Å². The van der Waals surface area contributed by atoms with Crippen LogP contribution < -0.4 is 5.32 Å². The highest BCUT2D eigenvalue weighted by Crippen LogP contribution is 1.98. The lowest BCUT2D eigenvalue weighted by Gasteiger charge is -2.21. The molecule has 0 unspecified atom stereocenters. The van der Waals surface area contributed by atoms with Gasteiger partial charge in [0.1, 0.15) is 0 Å². The molecule has 0 rings (SSSR count). The van der Waals surface area contributed by atoms with Crippen molar-refractivity contribution in [3.63, 3.8) is 0 Å². The maximum Gasteiger partial charge on any atom is 0.317 e. The number of carbonyl (C=O) groups is 2. The van der Waals surface area contributed by atoms with E-state index < -0.39 is 5.97 Å². The molecule has 0 saturated heterocycles. The largest absolute Gasteiger partial charge is 0.480 e. The molecule has 0 atom stereocenters. The molecule has 2 N–H and O–H groups in total. The van der Waals surface area contributed by atoms with Gasteiger partial charge < -0.3 is 10.4 Å². The molecule has 0 aromatic carbocycles. The Kier molecular flexibility index (Phi) is 7.20. The van der Waals surface area contributed by atoms with E-state index in [1.165, 1.54) is 0 Å². The first kappa shape index (κ1) is 14.6. The van der Waals surface area contributed by atoms with E-state index in [4.69, 9.17) is 5.11 Å². The standard InChI is InChI=1S/C11H20N2O3/c1-4-5-12-10(14)7-13(6-9(2)3)8-11(15)16/h4,9H,1,5-8H2,2-3H3,(H,12,14)(H,15,16). The van der Waals surface area contributed by atoms with Crippen LogP contribution in [0.1, 0.15) is 13.8 Å². The van der Waals surface area contributed by atoms with Crippen LogP contribution >= 0.6 is 0 Å². The molecule has 0 aliphatic heterocycles. The number of carboxylic acid groups (broad SMARTS) is 1. The van der Waals surface area contributed by atoms with Crippen molar-refractivity contribution in [3.05, 3.63) is 12.7 Å². The maximum atomic E-state index is 11.4. The quantitative estimate of drug-likeness (QED) is 0.587. The summed E-state index contributed by atoms with van der Waals surface area (Å²) in [6.45, 7) is 8.44. The van der Waals surface area contributed by atoms with Crippen molar-refractivity contribution < 1.29 is 14.7 Å². The van der Waals surface area contributed by atoms with Crippen molar-refractivity contribution >= 4 is 11.9 Å². The Labute approximate surface area is 96.1 Å². The molecule has 0 heterocycles. The van der Waals surface area contributed by atoms with Gasteiger partial charge in [0, 0.05) is 13.1 Å². The number of hydrogen-bond acceptors (Lipinski definition) is 3. The summed E-state index contributed by atoms with van der Waals surface area (Å²) in [6, 6.07) is 0. The summed E-state index contributed by atoms with van der Waals surface area (Å²) in [5, 5.41) is 11.3. The molecule has 92 valence electrons. The Balaban J connectivity index is 4.13. The molecule has 0 aromatic heterocycles. The van der Waals surface area contributed by atoms with Crippen LogP contribution in [0.2, 0.25) is 0 Å². The van der Waals surface area contributed by atoms with Crippen LogP contribution in [0.3, 0.4) is 0 Å². The van der Waals surface area contributed by atoms with Gasteiger partial charge in [0.25, 0.3) is 0 Å². The fourth-order valence-corrected chi connectivity index (χ4v) is 1.34. The van der Waals surface area contributed by atoms with Crippen LogP contribution in [0.25, 0.3) is 0 Å². The van der Waals surface area contributed by atoms with E-state index in [2.05, 4.69) is 11.9 Å². The summed E-state index contributed by atoms with van der Waals surface area (Å²) in [6.07, 6.45) is 1.59. The highest BCUT2D eigenvalue weighted by Gasteiger charge is 2.14. The van der Waals surface area contributed by atoms with Gasteiger partial charge in [-0.2, -0.15) is 0 Å². The summed E-state index contributed by atoms with van der Waals surface area (Å²) in [7, 11) is 0. The predicted molar refractivity (Wildman–Crippen MR) is 62.1 cm³/mol. The van der Waals surface area contributed by atoms with Crippen LogP contribution in [0.4, 0.5) is 0 Å². The molecule has 5 nitrogen and oxygen atoms in total. The molecule has 0 saturated carbocycles. The first-order valence-corrected chi connectivity index (χ1v) is 5.27. The van der Waals surface area contributed by atoms with Crippen molar-refractivity contribution in [3.8, 4) is 0 Å². The number of amides is 1. The Morgan fingerprint density at radius 3 is 2.50 bits per heavy atom. The Morgan fingerprint density at radius 1 is 1.44 bits per heavy atom. The highest BCUT2D eigenvalue weighted by molar-refractivity contribution is 5.79. The summed E-state index contributed by atoms with van der Waals surface area (Å²) in [4.78, 5) is 23.6. The van der Waals surface area contributed by atoms with E-state index in [-0.39, 0.29) is 19.0 Å². The maximum absolute atomic E-state index is 11.4. The number of carbonyl (C=O) groups excluding carboxylic acids is 1. The predicted octanol–water partition coefficient (Wildman–Crippen LogP) is 0.331. The molecular weight excluding hydrogens is 208 g/mol. The van der Waals surface area contributed by atoms with Gasteiger partial charge in [0.15, 0.2) is 0 Å². The third-order valence-electron chi connectivity index (χ3n) is 1.79. The fraction of sp³-hybridized carbons (Fsp3) is 0.636. The van der Waals surface area contributed by atoms with Crippen LogP contribution in [0.5, 0.6) is 0 Å². The smallest absolute Gasteiger partial charge is 0.317 e. The zero-order chi connectivity index (χ0) is 12.6. The number of rotatable bonds is 8. The topological polar surface area (TPSA) is 69.6 Å². The third-order valence-corrected chi connectivity index (χ3v) is 1.79. The van der Waals surface area contributed by atoms with E-state index in [1.807, 2.05) is 13.8 Å². The van der Waals surface area contributed by atoms with Gasteiger partial charge in [0.05, 0.1) is 13.1 Å². The molecule has 0 fully saturated rings. The molecular formula is C11H20N2O3. The van der Waals surface area contributed by atoms with E-state index >= 15 is 0 Å². The molecule has 0 aliphatic rings. The molecule has 0 bridgehead atoms. The Morgan fingerprint density at radius 2 is 2.06 bits per heavy atom. The Hall–Kier alpha value is -1.36. The lowest BCUT2D eigenvalue weighted by molar-refractivity contribution is -0.138. The second-order valence-electron chi connectivity index (χ2n) is 4.05. The normalized spacial score (nSPS) is 10.5. The van der Waals surface area contributed by atoms with Gasteiger partial charge in [-0.05, 0) is 5.92 Å².